The number of anilines is 1. The van der Waals surface area contributed by atoms with Crippen LogP contribution in [0.3, 0.4) is 0 Å². The molecule has 0 radical (unpaired) electrons. The van der Waals surface area contributed by atoms with Gasteiger partial charge in [-0.05, 0) is 32.0 Å². The van der Waals surface area contributed by atoms with Crippen LogP contribution in [0.1, 0.15) is 11.3 Å². The van der Waals surface area contributed by atoms with E-state index in [1.165, 1.54) is 0 Å². The highest BCUT2D eigenvalue weighted by molar-refractivity contribution is 5.79. The lowest BCUT2D eigenvalue weighted by Crippen LogP contribution is -2.02. The maximum absolute atomic E-state index is 4.56. The number of hydrogen-bond acceptors (Lipinski definition) is 5. The molecule has 5 nitrogen and oxygen atoms in total. The molecule has 0 aliphatic rings. The third kappa shape index (κ3) is 2.07. The van der Waals surface area contributed by atoms with Gasteiger partial charge in [-0.15, -0.1) is 0 Å². The second-order valence-electron chi connectivity index (χ2n) is 4.62. The van der Waals surface area contributed by atoms with Gasteiger partial charge in [0.05, 0.1) is 11.0 Å². The van der Waals surface area contributed by atoms with Crippen LogP contribution in [-0.4, -0.2) is 27.0 Å². The highest BCUT2D eigenvalue weighted by Gasteiger charge is 2.09. The predicted molar refractivity (Wildman–Crippen MR) is 79.6 cm³/mol. The van der Waals surface area contributed by atoms with Gasteiger partial charge in [0.25, 0.3) is 0 Å². The number of nitrogens with zero attached hydrogens (tertiary/aromatic N) is 4. The Morgan fingerprint density at radius 2 is 1.70 bits per heavy atom. The van der Waals surface area contributed by atoms with Crippen molar-refractivity contribution in [2.45, 2.75) is 13.8 Å². The lowest BCUT2D eigenvalue weighted by atomic mass is 10.1. The number of fused-ring (bicyclic) bond motifs is 1. The minimum atomic E-state index is 0.699. The fourth-order valence-electron chi connectivity index (χ4n) is 2.10. The van der Waals surface area contributed by atoms with Crippen LogP contribution in [-0.2, 0) is 0 Å². The second-order valence-corrected chi connectivity index (χ2v) is 4.62. The van der Waals surface area contributed by atoms with Gasteiger partial charge in [0.2, 0.25) is 0 Å². The van der Waals surface area contributed by atoms with Crippen LogP contribution in [0, 0.1) is 13.8 Å². The van der Waals surface area contributed by atoms with E-state index in [-0.39, 0.29) is 0 Å². The van der Waals surface area contributed by atoms with Crippen LogP contribution in [0.5, 0.6) is 0 Å². The first-order valence-corrected chi connectivity index (χ1v) is 6.43. The first-order chi connectivity index (χ1) is 9.69. The number of hydrogen-bond donors (Lipinski definition) is 1. The Morgan fingerprint density at radius 1 is 0.950 bits per heavy atom. The standard InChI is InChI=1S/C15H15N5/c1-9-10(2)19-15(20-14(9)16-3)11-4-5-12-13(8-11)18-7-6-17-12/h4-8H,1-3H3,(H,16,19,20). The van der Waals surface area contributed by atoms with Gasteiger partial charge in [-0.2, -0.15) is 0 Å². The summed E-state index contributed by atoms with van der Waals surface area (Å²) in [7, 11) is 1.87. The summed E-state index contributed by atoms with van der Waals surface area (Å²) in [6.45, 7) is 4.00. The van der Waals surface area contributed by atoms with Gasteiger partial charge in [-0.3, -0.25) is 9.97 Å². The summed E-state index contributed by atoms with van der Waals surface area (Å²) in [5.41, 5.74) is 4.69. The quantitative estimate of drug-likeness (QED) is 0.772. The highest BCUT2D eigenvalue weighted by atomic mass is 15.0. The largest absolute Gasteiger partial charge is 0.373 e. The van der Waals surface area contributed by atoms with Gasteiger partial charge in [0.1, 0.15) is 5.82 Å². The average molecular weight is 265 g/mol. The third-order valence-corrected chi connectivity index (χ3v) is 3.35. The van der Waals surface area contributed by atoms with Crippen molar-refractivity contribution in [2.24, 2.45) is 0 Å². The zero-order valence-corrected chi connectivity index (χ0v) is 11.7. The molecule has 0 unspecified atom stereocenters. The summed E-state index contributed by atoms with van der Waals surface area (Å²) in [6.07, 6.45) is 3.38. The van der Waals surface area contributed by atoms with E-state index in [0.29, 0.717) is 5.82 Å². The molecule has 2 heterocycles. The van der Waals surface area contributed by atoms with E-state index in [1.54, 1.807) is 12.4 Å². The normalized spacial score (nSPS) is 10.8. The molecule has 20 heavy (non-hydrogen) atoms. The summed E-state index contributed by atoms with van der Waals surface area (Å²) < 4.78 is 0. The van der Waals surface area contributed by atoms with Gasteiger partial charge >= 0.3 is 0 Å². The van der Waals surface area contributed by atoms with E-state index in [2.05, 4.69) is 25.3 Å². The van der Waals surface area contributed by atoms with E-state index in [9.17, 15) is 0 Å². The van der Waals surface area contributed by atoms with E-state index >= 15 is 0 Å². The average Bonchev–Trinajstić information content (AvgIpc) is 2.49. The minimum absolute atomic E-state index is 0.699. The van der Waals surface area contributed by atoms with Crippen molar-refractivity contribution >= 4 is 16.9 Å². The number of benzene rings is 1. The Kier molecular flexibility index (Phi) is 3.02. The zero-order chi connectivity index (χ0) is 14.1. The monoisotopic (exact) mass is 265 g/mol. The molecule has 0 saturated heterocycles. The third-order valence-electron chi connectivity index (χ3n) is 3.35. The van der Waals surface area contributed by atoms with Crippen molar-refractivity contribution in [3.05, 3.63) is 41.9 Å². The summed E-state index contributed by atoms with van der Waals surface area (Å²) in [4.78, 5) is 17.7. The van der Waals surface area contributed by atoms with Crippen molar-refractivity contribution in [1.82, 2.24) is 19.9 Å². The van der Waals surface area contributed by atoms with Gasteiger partial charge in [0, 0.05) is 36.3 Å². The second kappa shape index (κ2) is 4.85. The Morgan fingerprint density at radius 3 is 2.45 bits per heavy atom. The van der Waals surface area contributed by atoms with Crippen LogP contribution in [0.25, 0.3) is 22.4 Å². The van der Waals surface area contributed by atoms with Crippen molar-refractivity contribution < 1.29 is 0 Å². The topological polar surface area (TPSA) is 63.6 Å². The van der Waals surface area contributed by atoms with Crippen molar-refractivity contribution in [3.63, 3.8) is 0 Å². The first-order valence-electron chi connectivity index (χ1n) is 6.43. The molecule has 0 bridgehead atoms. The van der Waals surface area contributed by atoms with E-state index in [4.69, 9.17) is 0 Å². The number of aromatic nitrogens is 4. The molecule has 2 aromatic heterocycles. The molecule has 0 atom stereocenters. The summed E-state index contributed by atoms with van der Waals surface area (Å²) in [5.74, 6) is 1.55. The minimum Gasteiger partial charge on any atom is -0.373 e. The fourth-order valence-corrected chi connectivity index (χ4v) is 2.10. The zero-order valence-electron chi connectivity index (χ0n) is 11.7. The lowest BCUT2D eigenvalue weighted by Gasteiger charge is -2.10. The molecule has 5 heteroatoms. The number of aryl methyl sites for hydroxylation is 1. The van der Waals surface area contributed by atoms with Gasteiger partial charge < -0.3 is 5.32 Å². The Labute approximate surface area is 117 Å². The van der Waals surface area contributed by atoms with Crippen LogP contribution in [0.2, 0.25) is 0 Å². The van der Waals surface area contributed by atoms with Crippen LogP contribution in [0.4, 0.5) is 5.82 Å². The molecular weight excluding hydrogens is 250 g/mol. The van der Waals surface area contributed by atoms with E-state index in [1.807, 2.05) is 39.1 Å². The van der Waals surface area contributed by atoms with Crippen LogP contribution < -0.4 is 5.32 Å². The Bertz CT molecular complexity index is 782. The number of rotatable bonds is 2. The summed E-state index contributed by atoms with van der Waals surface area (Å²) in [6, 6.07) is 5.88. The first kappa shape index (κ1) is 12.5. The Hall–Kier alpha value is -2.56. The van der Waals surface area contributed by atoms with Crippen molar-refractivity contribution in [1.29, 1.82) is 0 Å². The predicted octanol–water partition coefficient (Wildman–Crippen LogP) is 2.75. The molecule has 100 valence electrons. The molecule has 1 N–H and O–H groups in total. The van der Waals surface area contributed by atoms with E-state index < -0.39 is 0 Å². The maximum Gasteiger partial charge on any atom is 0.161 e. The van der Waals surface area contributed by atoms with E-state index in [0.717, 1.165) is 33.7 Å². The molecule has 1 aromatic carbocycles. The lowest BCUT2D eigenvalue weighted by molar-refractivity contribution is 1.07. The molecule has 0 aliphatic carbocycles. The molecule has 0 fully saturated rings. The molecule has 0 spiro atoms. The van der Waals surface area contributed by atoms with Crippen molar-refractivity contribution in [2.75, 3.05) is 12.4 Å². The molecule has 0 aliphatic heterocycles. The van der Waals surface area contributed by atoms with Gasteiger partial charge in [-0.1, -0.05) is 0 Å². The molecule has 3 rings (SSSR count). The maximum atomic E-state index is 4.56. The van der Waals surface area contributed by atoms with Crippen molar-refractivity contribution in [3.8, 4) is 11.4 Å². The van der Waals surface area contributed by atoms with Crippen LogP contribution in [0.15, 0.2) is 30.6 Å². The Balaban J connectivity index is 2.17. The molecule has 0 amide bonds. The van der Waals surface area contributed by atoms with Gasteiger partial charge in [-0.25, -0.2) is 9.97 Å². The van der Waals surface area contributed by atoms with Crippen LogP contribution >= 0.6 is 0 Å². The van der Waals surface area contributed by atoms with Gasteiger partial charge in [0.15, 0.2) is 5.82 Å². The molecule has 3 aromatic rings. The summed E-state index contributed by atoms with van der Waals surface area (Å²) >= 11 is 0. The molecular formula is C15H15N5. The fraction of sp³-hybridized carbons (Fsp3) is 0.200. The SMILES string of the molecule is CNc1nc(-c2ccc3nccnc3c2)nc(C)c1C. The summed E-state index contributed by atoms with van der Waals surface area (Å²) in [5, 5.41) is 3.10. The highest BCUT2D eigenvalue weighted by Crippen LogP contribution is 2.23. The number of nitrogens with one attached hydrogen (secondary N) is 1. The smallest absolute Gasteiger partial charge is 0.161 e. The molecule has 0 saturated carbocycles.